The number of nitrogens with zero attached hydrogens (tertiary/aromatic N) is 2. The van der Waals surface area contributed by atoms with E-state index in [1.54, 1.807) is 42.6 Å². The van der Waals surface area contributed by atoms with Crippen LogP contribution in [-0.2, 0) is 6.18 Å². The molecule has 0 radical (unpaired) electrons. The fourth-order valence-corrected chi connectivity index (χ4v) is 3.82. The van der Waals surface area contributed by atoms with Gasteiger partial charge in [-0.25, -0.2) is 0 Å². The van der Waals surface area contributed by atoms with Crippen molar-refractivity contribution in [2.24, 2.45) is 0 Å². The summed E-state index contributed by atoms with van der Waals surface area (Å²) in [5.74, 6) is 0.139. The number of benzene rings is 3. The average Bonchev–Trinajstić information content (AvgIpc) is 2.78. The van der Waals surface area contributed by atoms with Crippen LogP contribution in [-0.4, -0.2) is 14.7 Å². The molecule has 0 spiro atoms. The number of fused-ring (bicyclic) bond motifs is 3. The molecule has 3 aromatic carbocycles. The van der Waals surface area contributed by atoms with E-state index in [0.29, 0.717) is 21.8 Å². The summed E-state index contributed by atoms with van der Waals surface area (Å²) in [5, 5.41) is 10.8. The Morgan fingerprint density at radius 2 is 1.59 bits per heavy atom. The monoisotopic (exact) mass is 432 g/mol. The highest BCUT2D eigenvalue weighted by Crippen LogP contribution is 2.33. The summed E-state index contributed by atoms with van der Waals surface area (Å²) in [7, 11) is 0. The smallest absolute Gasteiger partial charge is 0.416 e. The Kier molecular flexibility index (Phi) is 4.48. The Hall–Kier alpha value is -4.13. The fraction of sp³-hybridized carbons (Fsp3) is 0.0400. The largest absolute Gasteiger partial charge is 0.508 e. The number of rotatable bonds is 2. The summed E-state index contributed by atoms with van der Waals surface area (Å²) in [4.78, 5) is 17.3. The Morgan fingerprint density at radius 3 is 2.34 bits per heavy atom. The van der Waals surface area contributed by atoms with E-state index in [0.717, 1.165) is 23.3 Å². The van der Waals surface area contributed by atoms with Gasteiger partial charge in [-0.1, -0.05) is 24.3 Å². The molecule has 0 unspecified atom stereocenters. The van der Waals surface area contributed by atoms with Gasteiger partial charge < -0.3 is 5.11 Å². The van der Waals surface area contributed by atoms with Crippen LogP contribution in [0.25, 0.3) is 38.6 Å². The first kappa shape index (κ1) is 19.8. The predicted octanol–water partition coefficient (Wildman–Crippen LogP) is 5.93. The SMILES string of the molecule is O=c1ccc2cnc3ccc(-c4ccc(O)cc4)cc3c2n1-c1cccc(C(F)(F)F)c1. The van der Waals surface area contributed by atoms with Gasteiger partial charge in [-0.2, -0.15) is 13.2 Å². The number of phenols is 1. The molecule has 0 aliphatic carbocycles. The minimum atomic E-state index is -4.53. The van der Waals surface area contributed by atoms with Gasteiger partial charge in [-0.15, -0.1) is 0 Å². The van der Waals surface area contributed by atoms with Crippen LogP contribution in [0.4, 0.5) is 13.2 Å². The Morgan fingerprint density at radius 1 is 0.844 bits per heavy atom. The van der Waals surface area contributed by atoms with Gasteiger partial charge in [0, 0.05) is 28.7 Å². The van der Waals surface area contributed by atoms with Gasteiger partial charge in [0.25, 0.3) is 5.56 Å². The van der Waals surface area contributed by atoms with Crippen molar-refractivity contribution < 1.29 is 18.3 Å². The maximum Gasteiger partial charge on any atom is 0.416 e. The molecule has 0 fully saturated rings. The lowest BCUT2D eigenvalue weighted by Gasteiger charge is -2.15. The average molecular weight is 432 g/mol. The van der Waals surface area contributed by atoms with Gasteiger partial charge in [0.2, 0.25) is 0 Å². The molecule has 2 aromatic heterocycles. The summed E-state index contributed by atoms with van der Waals surface area (Å²) in [5.41, 5.74) is 1.58. The zero-order chi connectivity index (χ0) is 22.5. The second-order valence-electron chi connectivity index (χ2n) is 7.40. The van der Waals surface area contributed by atoms with E-state index in [1.165, 1.54) is 22.8 Å². The maximum absolute atomic E-state index is 13.3. The number of pyridine rings is 2. The third kappa shape index (κ3) is 3.37. The van der Waals surface area contributed by atoms with E-state index in [-0.39, 0.29) is 11.4 Å². The molecule has 2 heterocycles. The van der Waals surface area contributed by atoms with Gasteiger partial charge in [-0.3, -0.25) is 14.3 Å². The molecule has 4 nitrogen and oxygen atoms in total. The second-order valence-corrected chi connectivity index (χ2v) is 7.40. The molecular formula is C25H15F3N2O2. The second kappa shape index (κ2) is 7.23. The molecule has 32 heavy (non-hydrogen) atoms. The van der Waals surface area contributed by atoms with Crippen LogP contribution in [0.2, 0.25) is 0 Å². The van der Waals surface area contributed by atoms with E-state index in [4.69, 9.17) is 0 Å². The number of alkyl halides is 3. The fourth-order valence-electron chi connectivity index (χ4n) is 3.82. The van der Waals surface area contributed by atoms with Gasteiger partial charge in [0.1, 0.15) is 5.75 Å². The van der Waals surface area contributed by atoms with E-state index >= 15 is 0 Å². The number of phenolic OH excluding ortho intramolecular Hbond substituents is 1. The number of aromatic nitrogens is 2. The molecule has 0 saturated heterocycles. The maximum atomic E-state index is 13.3. The standard InChI is InChI=1S/C25H15F3N2O2/c26-25(27,28)18-2-1-3-19(13-18)30-23(32)11-7-17-14-29-22-10-6-16(12-21(22)24(17)30)15-4-8-20(31)9-5-15/h1-14,31H. The normalized spacial score (nSPS) is 11.8. The Balaban J connectivity index is 1.84. The van der Waals surface area contributed by atoms with E-state index in [2.05, 4.69) is 4.98 Å². The quantitative estimate of drug-likeness (QED) is 0.352. The zero-order valence-corrected chi connectivity index (χ0v) is 16.5. The topological polar surface area (TPSA) is 55.1 Å². The first-order chi connectivity index (χ1) is 15.3. The third-order valence-electron chi connectivity index (χ3n) is 5.35. The van der Waals surface area contributed by atoms with Crippen molar-refractivity contribution in [3.8, 4) is 22.6 Å². The molecule has 0 amide bonds. The van der Waals surface area contributed by atoms with Crippen molar-refractivity contribution in [2.75, 3.05) is 0 Å². The van der Waals surface area contributed by atoms with Gasteiger partial charge in [-0.05, 0) is 59.7 Å². The van der Waals surface area contributed by atoms with Crippen molar-refractivity contribution in [2.45, 2.75) is 6.18 Å². The van der Waals surface area contributed by atoms with Crippen LogP contribution in [0.3, 0.4) is 0 Å². The molecule has 7 heteroatoms. The number of hydrogen-bond acceptors (Lipinski definition) is 3. The number of halogens is 3. The molecule has 0 aliphatic rings. The Bertz CT molecular complexity index is 1540. The lowest BCUT2D eigenvalue weighted by atomic mass is 10.0. The lowest BCUT2D eigenvalue weighted by molar-refractivity contribution is -0.137. The van der Waals surface area contributed by atoms with Crippen LogP contribution in [0.15, 0.2) is 89.9 Å². The highest BCUT2D eigenvalue weighted by Gasteiger charge is 2.30. The lowest BCUT2D eigenvalue weighted by Crippen LogP contribution is -2.18. The minimum Gasteiger partial charge on any atom is -0.508 e. The highest BCUT2D eigenvalue weighted by molar-refractivity contribution is 6.05. The van der Waals surface area contributed by atoms with Gasteiger partial charge in [0.15, 0.2) is 0 Å². The minimum absolute atomic E-state index is 0.123. The van der Waals surface area contributed by atoms with Crippen LogP contribution >= 0.6 is 0 Å². The summed E-state index contributed by atoms with van der Waals surface area (Å²) in [6.45, 7) is 0. The van der Waals surface area contributed by atoms with Crippen molar-refractivity contribution in [3.63, 3.8) is 0 Å². The van der Waals surface area contributed by atoms with Crippen molar-refractivity contribution in [1.82, 2.24) is 9.55 Å². The van der Waals surface area contributed by atoms with Gasteiger partial charge in [0.05, 0.1) is 16.6 Å². The molecule has 158 valence electrons. The van der Waals surface area contributed by atoms with Crippen molar-refractivity contribution in [1.29, 1.82) is 0 Å². The molecule has 0 atom stereocenters. The molecule has 5 aromatic rings. The van der Waals surface area contributed by atoms with Crippen molar-refractivity contribution in [3.05, 3.63) is 101 Å². The molecule has 0 aliphatic heterocycles. The summed E-state index contributed by atoms with van der Waals surface area (Å²) < 4.78 is 41.2. The highest BCUT2D eigenvalue weighted by atomic mass is 19.4. The number of hydrogen-bond donors (Lipinski definition) is 1. The summed E-state index contributed by atoms with van der Waals surface area (Å²) in [6, 6.07) is 19.8. The van der Waals surface area contributed by atoms with Gasteiger partial charge >= 0.3 is 6.18 Å². The summed E-state index contributed by atoms with van der Waals surface area (Å²) >= 11 is 0. The van der Waals surface area contributed by atoms with E-state index < -0.39 is 17.3 Å². The molecule has 0 bridgehead atoms. The number of aromatic hydroxyl groups is 1. The summed E-state index contributed by atoms with van der Waals surface area (Å²) in [6.07, 6.45) is -2.93. The predicted molar refractivity (Wildman–Crippen MR) is 117 cm³/mol. The first-order valence-electron chi connectivity index (χ1n) is 9.73. The van der Waals surface area contributed by atoms with E-state index in [1.807, 2.05) is 12.1 Å². The first-order valence-corrected chi connectivity index (χ1v) is 9.73. The van der Waals surface area contributed by atoms with Crippen LogP contribution in [0, 0.1) is 0 Å². The third-order valence-corrected chi connectivity index (χ3v) is 5.35. The van der Waals surface area contributed by atoms with E-state index in [9.17, 15) is 23.1 Å². The molecule has 5 rings (SSSR count). The van der Waals surface area contributed by atoms with Crippen molar-refractivity contribution >= 4 is 21.8 Å². The van der Waals surface area contributed by atoms with Crippen LogP contribution in [0.5, 0.6) is 5.75 Å². The Labute approximate surface area is 179 Å². The van der Waals surface area contributed by atoms with Crippen LogP contribution in [0.1, 0.15) is 5.56 Å². The molecule has 1 N–H and O–H groups in total. The molecular weight excluding hydrogens is 417 g/mol. The molecule has 0 saturated carbocycles. The zero-order valence-electron chi connectivity index (χ0n) is 16.5. The van der Waals surface area contributed by atoms with Crippen LogP contribution < -0.4 is 5.56 Å².